The number of carbonyl (C=O) groups is 3. The summed E-state index contributed by atoms with van der Waals surface area (Å²) in [5, 5.41) is 0. The zero-order valence-corrected chi connectivity index (χ0v) is 21.1. The van der Waals surface area contributed by atoms with Gasteiger partial charge in [-0.1, -0.05) is 59.3 Å². The highest BCUT2D eigenvalue weighted by atomic mass is 16.2. The molecule has 1 heterocycles. The third kappa shape index (κ3) is 3.61. The number of imide groups is 1. The Morgan fingerprint density at radius 2 is 1.35 bits per heavy atom. The minimum Gasteiger partial charge on any atom is -0.333 e. The van der Waals surface area contributed by atoms with E-state index < -0.39 is 5.41 Å². The van der Waals surface area contributed by atoms with E-state index in [-0.39, 0.29) is 29.1 Å². The number of piperidine rings is 1. The van der Waals surface area contributed by atoms with Gasteiger partial charge in [-0.2, -0.15) is 0 Å². The molecule has 5 nitrogen and oxygen atoms in total. The van der Waals surface area contributed by atoms with Crippen molar-refractivity contribution >= 4 is 23.4 Å². The molecule has 3 amide bonds. The Morgan fingerprint density at radius 1 is 0.824 bits per heavy atom. The van der Waals surface area contributed by atoms with Crippen LogP contribution in [0.15, 0.2) is 24.3 Å². The van der Waals surface area contributed by atoms with Gasteiger partial charge in [0.2, 0.25) is 11.8 Å². The molecule has 3 aliphatic carbocycles. The third-order valence-electron chi connectivity index (χ3n) is 9.96. The minimum atomic E-state index is -0.529. The van der Waals surface area contributed by atoms with Crippen LogP contribution >= 0.6 is 0 Å². The molecule has 0 radical (unpaired) electrons. The van der Waals surface area contributed by atoms with Crippen molar-refractivity contribution in [3.05, 3.63) is 29.8 Å². The highest BCUT2D eigenvalue weighted by molar-refractivity contribution is 6.20. The molecule has 184 valence electrons. The molecular weight excluding hydrogens is 424 g/mol. The van der Waals surface area contributed by atoms with Gasteiger partial charge in [0, 0.05) is 23.6 Å². The van der Waals surface area contributed by atoms with Crippen LogP contribution in [0.2, 0.25) is 0 Å². The highest BCUT2D eigenvalue weighted by Crippen LogP contribution is 2.60. The van der Waals surface area contributed by atoms with Crippen LogP contribution in [0, 0.1) is 16.7 Å². The number of anilines is 1. The van der Waals surface area contributed by atoms with E-state index in [1.54, 1.807) is 0 Å². The van der Waals surface area contributed by atoms with Crippen LogP contribution in [0.25, 0.3) is 0 Å². The van der Waals surface area contributed by atoms with Crippen LogP contribution in [-0.4, -0.2) is 34.7 Å². The fraction of sp³-hybridized carbons (Fsp3) is 0.690. The molecule has 0 N–H and O–H groups in total. The average Bonchev–Trinajstić information content (AvgIpc) is 3.03. The van der Waals surface area contributed by atoms with E-state index in [2.05, 4.69) is 18.7 Å². The fourth-order valence-electron chi connectivity index (χ4n) is 7.31. The Hall–Kier alpha value is -2.17. The quantitative estimate of drug-likeness (QED) is 0.505. The van der Waals surface area contributed by atoms with Gasteiger partial charge in [-0.15, -0.1) is 0 Å². The Labute approximate surface area is 204 Å². The summed E-state index contributed by atoms with van der Waals surface area (Å²) in [6, 6.07) is 7.97. The zero-order chi connectivity index (χ0) is 24.1. The topological polar surface area (TPSA) is 57.7 Å². The lowest BCUT2D eigenvalue weighted by molar-refractivity contribution is -0.146. The van der Waals surface area contributed by atoms with E-state index in [1.165, 1.54) is 43.4 Å². The molecular formula is C29H40N2O3. The molecule has 5 rings (SSSR count). The van der Waals surface area contributed by atoms with Gasteiger partial charge in [-0.05, 0) is 68.2 Å². The molecule has 1 aromatic rings. The number of rotatable bonds is 4. The summed E-state index contributed by atoms with van der Waals surface area (Å²) in [5.41, 5.74) is 0.417. The number of carbonyl (C=O) groups excluding carboxylic acids is 3. The van der Waals surface area contributed by atoms with E-state index >= 15 is 0 Å². The molecule has 0 spiro atoms. The molecule has 2 bridgehead atoms. The molecule has 1 aliphatic heterocycles. The maximum absolute atomic E-state index is 13.8. The Kier molecular flexibility index (Phi) is 6.10. The van der Waals surface area contributed by atoms with E-state index in [9.17, 15) is 14.4 Å². The van der Waals surface area contributed by atoms with Gasteiger partial charge in [0.15, 0.2) is 0 Å². The number of fused-ring (bicyclic) bond motifs is 2. The molecule has 1 aromatic carbocycles. The molecule has 4 aliphatic rings. The smallest absolute Gasteiger partial charge is 0.254 e. The first kappa shape index (κ1) is 23.6. The second-order valence-corrected chi connectivity index (χ2v) is 12.0. The van der Waals surface area contributed by atoms with E-state index in [0.717, 1.165) is 38.5 Å². The zero-order valence-electron chi connectivity index (χ0n) is 21.1. The van der Waals surface area contributed by atoms with Crippen LogP contribution in [0.3, 0.4) is 0 Å². The fourth-order valence-corrected chi connectivity index (χ4v) is 7.31. The van der Waals surface area contributed by atoms with Crippen molar-refractivity contribution in [2.24, 2.45) is 16.7 Å². The number of nitrogens with zero attached hydrogens (tertiary/aromatic N) is 2. The Balaban J connectivity index is 1.40. The number of hydrogen-bond acceptors (Lipinski definition) is 3. The predicted molar refractivity (Wildman–Crippen MR) is 133 cm³/mol. The molecule has 34 heavy (non-hydrogen) atoms. The molecule has 3 saturated carbocycles. The third-order valence-corrected chi connectivity index (χ3v) is 9.96. The predicted octanol–water partition coefficient (Wildman–Crippen LogP) is 6.11. The van der Waals surface area contributed by atoms with Crippen molar-refractivity contribution in [3.63, 3.8) is 0 Å². The van der Waals surface area contributed by atoms with Crippen molar-refractivity contribution in [3.8, 4) is 0 Å². The lowest BCUT2D eigenvalue weighted by Gasteiger charge is -2.47. The summed E-state index contributed by atoms with van der Waals surface area (Å²) >= 11 is 0. The molecule has 4 fully saturated rings. The lowest BCUT2D eigenvalue weighted by Crippen LogP contribution is -2.59. The van der Waals surface area contributed by atoms with Crippen molar-refractivity contribution in [2.45, 2.75) is 110 Å². The standard InChI is InChI=1S/C29H40N2O3/c1-28(2)24-18-19-29(28,3)27(34)31(26(24)33)23-16-14-20(15-17-23)25(32)30(21-10-6-4-7-11-21)22-12-8-5-9-13-22/h14-17,21-22,24H,4-13,18-19H2,1-3H3/t24-,29+/m0/s1. The number of benzene rings is 1. The second kappa shape index (κ2) is 8.80. The van der Waals surface area contributed by atoms with Crippen molar-refractivity contribution in [1.82, 2.24) is 4.90 Å². The van der Waals surface area contributed by atoms with Crippen molar-refractivity contribution in [1.29, 1.82) is 0 Å². The monoisotopic (exact) mass is 464 g/mol. The van der Waals surface area contributed by atoms with Gasteiger partial charge in [0.1, 0.15) is 0 Å². The molecule has 1 saturated heterocycles. The second-order valence-electron chi connectivity index (χ2n) is 12.0. The molecule has 2 atom stereocenters. The van der Waals surface area contributed by atoms with Gasteiger partial charge in [-0.3, -0.25) is 14.4 Å². The summed E-state index contributed by atoms with van der Waals surface area (Å²) in [7, 11) is 0. The lowest BCUT2D eigenvalue weighted by atomic mass is 9.62. The number of hydrogen-bond donors (Lipinski definition) is 0. The maximum atomic E-state index is 13.8. The molecule has 0 aromatic heterocycles. The largest absolute Gasteiger partial charge is 0.333 e. The van der Waals surface area contributed by atoms with Gasteiger partial charge in [0.25, 0.3) is 5.91 Å². The summed E-state index contributed by atoms with van der Waals surface area (Å²) in [4.78, 5) is 44.2. The van der Waals surface area contributed by atoms with Crippen molar-refractivity contribution in [2.75, 3.05) is 4.90 Å². The molecule has 5 heteroatoms. The Bertz CT molecular complexity index is 938. The van der Waals surface area contributed by atoms with Crippen LogP contribution in [0.4, 0.5) is 5.69 Å². The minimum absolute atomic E-state index is 0.0879. The van der Waals surface area contributed by atoms with Gasteiger partial charge < -0.3 is 4.90 Å². The first-order chi connectivity index (χ1) is 16.3. The maximum Gasteiger partial charge on any atom is 0.254 e. The van der Waals surface area contributed by atoms with Crippen LogP contribution in [0.5, 0.6) is 0 Å². The van der Waals surface area contributed by atoms with Crippen LogP contribution in [-0.2, 0) is 9.59 Å². The van der Waals surface area contributed by atoms with E-state index in [4.69, 9.17) is 0 Å². The van der Waals surface area contributed by atoms with Gasteiger partial charge in [0.05, 0.1) is 11.1 Å². The van der Waals surface area contributed by atoms with Gasteiger partial charge >= 0.3 is 0 Å². The highest BCUT2D eigenvalue weighted by Gasteiger charge is 2.64. The van der Waals surface area contributed by atoms with E-state index in [0.29, 0.717) is 23.3 Å². The summed E-state index contributed by atoms with van der Waals surface area (Å²) in [5.74, 6) is -0.198. The normalized spacial score (nSPS) is 30.0. The van der Waals surface area contributed by atoms with Crippen molar-refractivity contribution < 1.29 is 14.4 Å². The SMILES string of the molecule is CC1(C)[C@H]2CC[C@]1(C)C(=O)N(c1ccc(C(=O)N(C3CCCCC3)C3CCCCC3)cc1)C2=O. The number of amides is 3. The summed E-state index contributed by atoms with van der Waals surface area (Å²) in [6.45, 7) is 6.13. The summed E-state index contributed by atoms with van der Waals surface area (Å²) < 4.78 is 0. The summed E-state index contributed by atoms with van der Waals surface area (Å²) in [6.07, 6.45) is 13.3. The van der Waals surface area contributed by atoms with Crippen LogP contribution < -0.4 is 4.90 Å². The molecule has 0 unspecified atom stereocenters. The first-order valence-corrected chi connectivity index (χ1v) is 13.6. The van der Waals surface area contributed by atoms with Crippen LogP contribution in [0.1, 0.15) is 108 Å². The Morgan fingerprint density at radius 3 is 1.88 bits per heavy atom. The van der Waals surface area contributed by atoms with Gasteiger partial charge in [-0.25, -0.2) is 4.90 Å². The van der Waals surface area contributed by atoms with E-state index in [1.807, 2.05) is 31.2 Å². The first-order valence-electron chi connectivity index (χ1n) is 13.6. The average molecular weight is 465 g/mol.